The van der Waals surface area contributed by atoms with E-state index in [0.717, 1.165) is 52.5 Å². The van der Waals surface area contributed by atoms with Crippen molar-refractivity contribution >= 4 is 23.4 Å². The quantitative estimate of drug-likeness (QED) is 0.643. The minimum Gasteiger partial charge on any atom is -0.379 e. The van der Waals surface area contributed by atoms with Crippen molar-refractivity contribution in [3.8, 4) is 0 Å². The van der Waals surface area contributed by atoms with Crippen molar-refractivity contribution in [3.05, 3.63) is 87.6 Å². The number of morpholine rings is 1. The van der Waals surface area contributed by atoms with Crippen LogP contribution in [0, 0.1) is 13.8 Å². The molecule has 1 atom stereocenters. The predicted molar refractivity (Wildman–Crippen MR) is 143 cm³/mol. The van der Waals surface area contributed by atoms with E-state index in [2.05, 4.69) is 88.9 Å². The fourth-order valence-corrected chi connectivity index (χ4v) is 5.18. The lowest BCUT2D eigenvalue weighted by Crippen LogP contribution is -2.51. The van der Waals surface area contributed by atoms with Crippen molar-refractivity contribution in [2.75, 3.05) is 52.5 Å². The molecule has 6 heteroatoms. The van der Waals surface area contributed by atoms with Crippen molar-refractivity contribution in [2.45, 2.75) is 19.9 Å². The molecule has 3 aliphatic rings. The molecular weight excluding hydrogens is 440 g/mol. The van der Waals surface area contributed by atoms with Crippen LogP contribution < -0.4 is 10.6 Å². The fourth-order valence-electron chi connectivity index (χ4n) is 4.96. The first-order valence-electron chi connectivity index (χ1n) is 12.2. The molecular formula is C28H34N4OS. The van der Waals surface area contributed by atoms with Crippen molar-refractivity contribution in [1.29, 1.82) is 0 Å². The lowest BCUT2D eigenvalue weighted by atomic mass is 9.88. The Morgan fingerprint density at radius 1 is 0.912 bits per heavy atom. The van der Waals surface area contributed by atoms with Gasteiger partial charge in [-0.3, -0.25) is 9.80 Å². The minimum absolute atomic E-state index is 0.0805. The van der Waals surface area contributed by atoms with Crippen LogP contribution in [0.5, 0.6) is 0 Å². The van der Waals surface area contributed by atoms with Gasteiger partial charge < -0.3 is 15.4 Å². The number of hydrogen-bond donors (Lipinski definition) is 2. The molecule has 5 nitrogen and oxygen atoms in total. The summed E-state index contributed by atoms with van der Waals surface area (Å²) in [4.78, 5) is 5.09. The van der Waals surface area contributed by atoms with E-state index in [-0.39, 0.29) is 6.04 Å². The zero-order valence-electron chi connectivity index (χ0n) is 20.1. The van der Waals surface area contributed by atoms with Gasteiger partial charge in [0.25, 0.3) is 0 Å². The number of ether oxygens (including phenoxy) is 1. The van der Waals surface area contributed by atoms with Gasteiger partial charge in [0.15, 0.2) is 5.11 Å². The SMILES string of the molecule is Cc1ccc(/C=C2\CN(CCN3CCOCC3)CC3=C2NC(=S)NC3c2ccc(C)cc2)cc1. The van der Waals surface area contributed by atoms with Crippen molar-refractivity contribution in [3.63, 3.8) is 0 Å². The average Bonchev–Trinajstić information content (AvgIpc) is 2.85. The molecule has 3 aliphatic heterocycles. The molecule has 178 valence electrons. The standard InChI is InChI=1S/C28H34N4OS/c1-20-3-7-22(8-4-20)17-24-18-32(12-11-31-13-15-33-16-14-31)19-25-26(29-28(34)30-27(24)25)23-9-5-21(2)6-10-23/h3-10,17,26H,11-16,18-19H2,1-2H3,(H2,29,30,34)/b24-17+. The van der Waals surface area contributed by atoms with Gasteiger partial charge in [0.05, 0.1) is 19.3 Å². The Bertz CT molecular complexity index is 1080. The molecule has 0 spiro atoms. The highest BCUT2D eigenvalue weighted by molar-refractivity contribution is 7.80. The van der Waals surface area contributed by atoms with Gasteiger partial charge in [0, 0.05) is 45.0 Å². The Labute approximate surface area is 208 Å². The minimum atomic E-state index is 0.0805. The van der Waals surface area contributed by atoms with Crippen LogP contribution in [0.4, 0.5) is 0 Å². The first-order chi connectivity index (χ1) is 16.5. The third-order valence-electron chi connectivity index (χ3n) is 6.96. The third kappa shape index (κ3) is 5.41. The summed E-state index contributed by atoms with van der Waals surface area (Å²) in [5, 5.41) is 7.76. The first kappa shape index (κ1) is 23.2. The van der Waals surface area contributed by atoms with Crippen LogP contribution in [-0.2, 0) is 4.74 Å². The second-order valence-corrected chi connectivity index (χ2v) is 10.00. The lowest BCUT2D eigenvalue weighted by Gasteiger charge is -2.41. The van der Waals surface area contributed by atoms with Gasteiger partial charge in [-0.25, -0.2) is 0 Å². The molecule has 1 unspecified atom stereocenters. The average molecular weight is 475 g/mol. The van der Waals surface area contributed by atoms with Crippen LogP contribution >= 0.6 is 12.2 Å². The largest absolute Gasteiger partial charge is 0.379 e. The summed E-state index contributed by atoms with van der Waals surface area (Å²) < 4.78 is 5.53. The molecule has 34 heavy (non-hydrogen) atoms. The number of nitrogens with one attached hydrogen (secondary N) is 2. The van der Waals surface area contributed by atoms with Crippen LogP contribution in [0.2, 0.25) is 0 Å². The molecule has 3 heterocycles. The van der Waals surface area contributed by atoms with Gasteiger partial charge >= 0.3 is 0 Å². The van der Waals surface area contributed by atoms with Crippen molar-refractivity contribution < 1.29 is 4.74 Å². The zero-order chi connectivity index (χ0) is 23.5. The monoisotopic (exact) mass is 474 g/mol. The molecule has 2 aromatic carbocycles. The number of benzene rings is 2. The summed E-state index contributed by atoms with van der Waals surface area (Å²) in [5.74, 6) is 0. The maximum Gasteiger partial charge on any atom is 0.171 e. The maximum absolute atomic E-state index is 5.66. The highest BCUT2D eigenvalue weighted by Crippen LogP contribution is 2.34. The molecule has 2 N–H and O–H groups in total. The number of nitrogens with zero attached hydrogens (tertiary/aromatic N) is 2. The summed E-state index contributed by atoms with van der Waals surface area (Å²) >= 11 is 5.66. The van der Waals surface area contributed by atoms with Crippen LogP contribution in [0.3, 0.4) is 0 Å². The van der Waals surface area contributed by atoms with E-state index in [0.29, 0.717) is 5.11 Å². The van der Waals surface area contributed by atoms with Gasteiger partial charge in [0.1, 0.15) is 0 Å². The highest BCUT2D eigenvalue weighted by atomic mass is 32.1. The van der Waals surface area contributed by atoms with Gasteiger partial charge in [-0.15, -0.1) is 0 Å². The van der Waals surface area contributed by atoms with E-state index in [9.17, 15) is 0 Å². The van der Waals surface area contributed by atoms with Crippen LogP contribution in [-0.4, -0.2) is 67.4 Å². The Hall–Kier alpha value is -2.51. The summed E-state index contributed by atoms with van der Waals surface area (Å²) in [6.07, 6.45) is 2.32. The number of aryl methyl sites for hydroxylation is 2. The van der Waals surface area contributed by atoms with E-state index >= 15 is 0 Å². The Morgan fingerprint density at radius 3 is 2.26 bits per heavy atom. The van der Waals surface area contributed by atoms with E-state index < -0.39 is 0 Å². The van der Waals surface area contributed by atoms with E-state index in [1.54, 1.807) is 0 Å². The first-order valence-corrected chi connectivity index (χ1v) is 12.6. The molecule has 0 radical (unpaired) electrons. The third-order valence-corrected chi connectivity index (χ3v) is 7.18. The summed E-state index contributed by atoms with van der Waals surface area (Å²) in [7, 11) is 0. The summed E-state index contributed by atoms with van der Waals surface area (Å²) in [5.41, 5.74) is 8.88. The van der Waals surface area contributed by atoms with Gasteiger partial charge in [-0.05, 0) is 54.4 Å². The topological polar surface area (TPSA) is 39.8 Å². The Morgan fingerprint density at radius 2 is 1.56 bits per heavy atom. The van der Waals surface area contributed by atoms with Crippen LogP contribution in [0.25, 0.3) is 6.08 Å². The molecule has 0 aromatic heterocycles. The summed E-state index contributed by atoms with van der Waals surface area (Å²) in [6.45, 7) is 11.9. The zero-order valence-corrected chi connectivity index (χ0v) is 21.0. The number of hydrogen-bond acceptors (Lipinski definition) is 4. The van der Waals surface area contributed by atoms with Gasteiger partial charge in [-0.2, -0.15) is 0 Å². The van der Waals surface area contributed by atoms with Gasteiger partial charge in [0.2, 0.25) is 0 Å². The lowest BCUT2D eigenvalue weighted by molar-refractivity contribution is 0.0339. The molecule has 1 fully saturated rings. The molecule has 1 saturated heterocycles. The molecule has 0 saturated carbocycles. The van der Waals surface area contributed by atoms with E-state index in [1.165, 1.54) is 39.1 Å². The fraction of sp³-hybridized carbons (Fsp3) is 0.393. The van der Waals surface area contributed by atoms with Crippen LogP contribution in [0.1, 0.15) is 28.3 Å². The maximum atomic E-state index is 5.66. The molecule has 0 aliphatic carbocycles. The normalized spacial score (nSPS) is 22.9. The second-order valence-electron chi connectivity index (χ2n) is 9.59. The molecule has 0 bridgehead atoms. The summed E-state index contributed by atoms with van der Waals surface area (Å²) in [6, 6.07) is 17.7. The van der Waals surface area contributed by atoms with Gasteiger partial charge in [-0.1, -0.05) is 59.7 Å². The Kier molecular flexibility index (Phi) is 7.11. The molecule has 2 aromatic rings. The van der Waals surface area contributed by atoms with Crippen molar-refractivity contribution in [1.82, 2.24) is 20.4 Å². The smallest absolute Gasteiger partial charge is 0.171 e. The number of thiocarbonyl (C=S) groups is 1. The van der Waals surface area contributed by atoms with E-state index in [4.69, 9.17) is 17.0 Å². The van der Waals surface area contributed by atoms with E-state index in [1.807, 2.05) is 0 Å². The molecule has 5 rings (SSSR count). The van der Waals surface area contributed by atoms with Crippen LogP contribution in [0.15, 0.2) is 65.4 Å². The van der Waals surface area contributed by atoms with Crippen molar-refractivity contribution in [2.24, 2.45) is 0 Å². The Balaban J connectivity index is 1.47. The highest BCUT2D eigenvalue weighted by Gasteiger charge is 2.33. The number of rotatable bonds is 5. The second kappa shape index (κ2) is 10.4. The predicted octanol–water partition coefficient (Wildman–Crippen LogP) is 3.81. The molecule has 0 amide bonds.